The summed E-state index contributed by atoms with van der Waals surface area (Å²) < 4.78 is 27.6. The third kappa shape index (κ3) is 10.1. The molecule has 15 heteroatoms. The molecule has 0 saturated carbocycles. The van der Waals surface area contributed by atoms with E-state index in [-0.39, 0.29) is 62.5 Å². The number of carbonyl (C=O) groups is 3. The summed E-state index contributed by atoms with van der Waals surface area (Å²) in [6, 6.07) is 22.4. The standard InChI is InChI=1S/C38H46N5O9P/c1-2-17-41-28-37(45)42-34(25-30-11-14-32(15-12-30)52-53(47,48)49)38(46)40(27-35(42)43(41)36(44)16-13-29-7-4-3-5-8-29)26-31-9-6-10-33(24-31)51-23-20-39-18-21-50-22-19-39/h2-12,14-15,24,34-35H,1,13,16-23,25-28H2,(H2,47,48,49)/t34-,35-/m0/s1. The molecule has 3 saturated heterocycles. The second kappa shape index (κ2) is 17.5. The molecule has 0 spiro atoms. The van der Waals surface area contributed by atoms with Crippen LogP contribution in [0.4, 0.5) is 0 Å². The number of hydrogen-bond donors (Lipinski definition) is 2. The average molecular weight is 748 g/mol. The van der Waals surface area contributed by atoms with E-state index in [0.717, 1.165) is 30.8 Å². The van der Waals surface area contributed by atoms with Crippen molar-refractivity contribution in [3.05, 3.63) is 108 Å². The lowest BCUT2D eigenvalue weighted by Crippen LogP contribution is -2.75. The van der Waals surface area contributed by atoms with Crippen LogP contribution in [0.1, 0.15) is 23.1 Å². The lowest BCUT2D eigenvalue weighted by atomic mass is 9.98. The van der Waals surface area contributed by atoms with Gasteiger partial charge in [0.05, 0.1) is 26.3 Å². The summed E-state index contributed by atoms with van der Waals surface area (Å²) in [5.74, 6) is -0.107. The highest BCUT2D eigenvalue weighted by Gasteiger charge is 2.51. The van der Waals surface area contributed by atoms with Gasteiger partial charge in [-0.05, 0) is 47.4 Å². The van der Waals surface area contributed by atoms with Gasteiger partial charge in [-0.3, -0.25) is 29.1 Å². The second-order valence-electron chi connectivity index (χ2n) is 13.3. The number of phosphoric acid groups is 1. The lowest BCUT2D eigenvalue weighted by molar-refractivity contribution is -0.205. The van der Waals surface area contributed by atoms with E-state index in [1.807, 2.05) is 54.6 Å². The van der Waals surface area contributed by atoms with E-state index in [1.165, 1.54) is 17.0 Å². The molecule has 0 radical (unpaired) electrons. The van der Waals surface area contributed by atoms with E-state index in [2.05, 4.69) is 11.5 Å². The minimum Gasteiger partial charge on any atom is -0.492 e. The van der Waals surface area contributed by atoms with Gasteiger partial charge in [0.2, 0.25) is 17.7 Å². The summed E-state index contributed by atoms with van der Waals surface area (Å²) in [5.41, 5.74) is 2.49. The minimum absolute atomic E-state index is 0.0343. The van der Waals surface area contributed by atoms with Crippen LogP contribution in [0.15, 0.2) is 91.5 Å². The SMILES string of the molecule is C=CCN1CC(=O)N2[C@@H](Cc3ccc(OP(=O)(O)O)cc3)C(=O)N(Cc3cccc(OCCN4CCOCC4)c3)C[C@@H]2N1C(=O)CCc1ccccc1. The highest BCUT2D eigenvalue weighted by atomic mass is 31.2. The molecule has 0 aromatic heterocycles. The Morgan fingerprint density at radius 3 is 2.40 bits per heavy atom. The van der Waals surface area contributed by atoms with Gasteiger partial charge in [-0.2, -0.15) is 0 Å². The number of phosphoric ester groups is 1. The van der Waals surface area contributed by atoms with Gasteiger partial charge in [0.1, 0.15) is 30.3 Å². The van der Waals surface area contributed by atoms with Gasteiger partial charge in [0.15, 0.2) is 0 Å². The first kappa shape index (κ1) is 38.2. The molecule has 2 atom stereocenters. The first-order valence-corrected chi connectivity index (χ1v) is 19.3. The van der Waals surface area contributed by atoms with Crippen LogP contribution in [0.2, 0.25) is 0 Å². The Hall–Kier alpha value is -4.56. The van der Waals surface area contributed by atoms with Crippen molar-refractivity contribution >= 4 is 25.5 Å². The fourth-order valence-electron chi connectivity index (χ4n) is 7.03. The number of rotatable bonds is 15. The first-order valence-electron chi connectivity index (χ1n) is 17.8. The zero-order valence-electron chi connectivity index (χ0n) is 29.6. The monoisotopic (exact) mass is 747 g/mol. The van der Waals surface area contributed by atoms with Crippen LogP contribution < -0.4 is 9.26 Å². The maximum atomic E-state index is 14.4. The number of piperazine rings is 1. The molecule has 3 aromatic rings. The summed E-state index contributed by atoms with van der Waals surface area (Å²) in [7, 11) is -4.77. The van der Waals surface area contributed by atoms with Gasteiger partial charge in [0.25, 0.3) is 0 Å². The highest BCUT2D eigenvalue weighted by molar-refractivity contribution is 7.46. The molecule has 3 aromatic carbocycles. The number of fused-ring (bicyclic) bond motifs is 1. The van der Waals surface area contributed by atoms with Crippen LogP contribution in [0.3, 0.4) is 0 Å². The number of carbonyl (C=O) groups excluding carboxylic acids is 3. The Kier molecular flexibility index (Phi) is 12.6. The summed E-state index contributed by atoms with van der Waals surface area (Å²) in [6.45, 7) is 8.74. The van der Waals surface area contributed by atoms with E-state index in [0.29, 0.717) is 37.6 Å². The highest BCUT2D eigenvalue weighted by Crippen LogP contribution is 2.38. The van der Waals surface area contributed by atoms with E-state index >= 15 is 0 Å². The van der Waals surface area contributed by atoms with Crippen molar-refractivity contribution in [2.75, 3.05) is 59.1 Å². The third-order valence-corrected chi connectivity index (χ3v) is 9.97. The number of nitrogens with zero attached hydrogens (tertiary/aromatic N) is 5. The number of amides is 3. The molecular weight excluding hydrogens is 701 g/mol. The smallest absolute Gasteiger partial charge is 0.492 e. The van der Waals surface area contributed by atoms with Crippen LogP contribution in [-0.4, -0.2) is 124 Å². The van der Waals surface area contributed by atoms with Crippen molar-refractivity contribution in [1.82, 2.24) is 24.7 Å². The van der Waals surface area contributed by atoms with Crippen LogP contribution in [-0.2, 0) is 43.1 Å². The minimum atomic E-state index is -4.77. The van der Waals surface area contributed by atoms with Gasteiger partial charge >= 0.3 is 7.82 Å². The maximum absolute atomic E-state index is 14.4. The van der Waals surface area contributed by atoms with Gasteiger partial charge in [-0.25, -0.2) is 14.6 Å². The summed E-state index contributed by atoms with van der Waals surface area (Å²) in [4.78, 5) is 66.5. The zero-order chi connectivity index (χ0) is 37.4. The second-order valence-corrected chi connectivity index (χ2v) is 14.4. The molecule has 6 rings (SSSR count). The molecule has 282 valence electrons. The Morgan fingerprint density at radius 1 is 0.943 bits per heavy atom. The van der Waals surface area contributed by atoms with Crippen molar-refractivity contribution in [2.45, 2.75) is 38.0 Å². The molecule has 3 fully saturated rings. The van der Waals surface area contributed by atoms with Gasteiger partial charge < -0.3 is 23.8 Å². The van der Waals surface area contributed by atoms with Crippen LogP contribution >= 0.6 is 7.82 Å². The van der Waals surface area contributed by atoms with Crippen molar-refractivity contribution in [1.29, 1.82) is 0 Å². The van der Waals surface area contributed by atoms with Gasteiger partial charge in [-0.15, -0.1) is 6.58 Å². The number of benzene rings is 3. The Bertz CT molecular complexity index is 1780. The van der Waals surface area contributed by atoms with Crippen LogP contribution in [0.5, 0.6) is 11.5 Å². The Morgan fingerprint density at radius 2 is 1.68 bits per heavy atom. The summed E-state index contributed by atoms with van der Waals surface area (Å²) >= 11 is 0. The first-order chi connectivity index (χ1) is 25.6. The quantitative estimate of drug-likeness (QED) is 0.175. The molecule has 3 aliphatic rings. The topological polar surface area (TPSA) is 153 Å². The predicted octanol–water partition coefficient (Wildman–Crippen LogP) is 2.86. The van der Waals surface area contributed by atoms with E-state index in [4.69, 9.17) is 14.0 Å². The Balaban J connectivity index is 1.26. The number of aryl methyl sites for hydroxylation is 1. The largest absolute Gasteiger partial charge is 0.524 e. The van der Waals surface area contributed by atoms with Crippen molar-refractivity contribution in [2.24, 2.45) is 0 Å². The number of ether oxygens (including phenoxy) is 2. The molecule has 0 bridgehead atoms. The fraction of sp³-hybridized carbons (Fsp3) is 0.395. The molecule has 2 N–H and O–H groups in total. The molecule has 0 unspecified atom stereocenters. The van der Waals surface area contributed by atoms with Gasteiger partial charge in [-0.1, -0.05) is 60.7 Å². The molecule has 3 amide bonds. The Labute approximate surface area is 309 Å². The molecule has 14 nitrogen and oxygen atoms in total. The average Bonchev–Trinajstić information content (AvgIpc) is 3.14. The van der Waals surface area contributed by atoms with Crippen molar-refractivity contribution in [3.8, 4) is 11.5 Å². The van der Waals surface area contributed by atoms with E-state index in [1.54, 1.807) is 33.1 Å². The molecule has 3 aliphatic heterocycles. The number of hydrogen-bond acceptors (Lipinski definition) is 9. The molecular formula is C38H46N5O9P. The zero-order valence-corrected chi connectivity index (χ0v) is 30.5. The normalized spacial score (nSPS) is 19.9. The van der Waals surface area contributed by atoms with Gasteiger partial charge in [0, 0.05) is 45.6 Å². The molecule has 0 aliphatic carbocycles. The lowest BCUT2D eigenvalue weighted by Gasteiger charge is -2.55. The summed E-state index contributed by atoms with van der Waals surface area (Å²) in [6.07, 6.45) is 1.67. The predicted molar refractivity (Wildman–Crippen MR) is 195 cm³/mol. The van der Waals surface area contributed by atoms with Crippen molar-refractivity contribution < 1.29 is 42.7 Å². The van der Waals surface area contributed by atoms with Crippen LogP contribution in [0.25, 0.3) is 0 Å². The number of hydrazine groups is 1. The third-order valence-electron chi connectivity index (χ3n) is 9.52. The molecule has 53 heavy (non-hydrogen) atoms. The summed E-state index contributed by atoms with van der Waals surface area (Å²) in [5, 5.41) is 3.33. The van der Waals surface area contributed by atoms with Crippen LogP contribution in [0, 0.1) is 0 Å². The maximum Gasteiger partial charge on any atom is 0.524 e. The number of morpholine rings is 1. The van der Waals surface area contributed by atoms with E-state index < -0.39 is 20.0 Å². The molecule has 3 heterocycles. The fourth-order valence-corrected chi connectivity index (χ4v) is 7.43. The van der Waals surface area contributed by atoms with E-state index in [9.17, 15) is 28.7 Å². The van der Waals surface area contributed by atoms with Crippen molar-refractivity contribution in [3.63, 3.8) is 0 Å².